The van der Waals surface area contributed by atoms with Crippen LogP contribution in [0.5, 0.6) is 0 Å². The summed E-state index contributed by atoms with van der Waals surface area (Å²) >= 11 is 0. The first-order valence-corrected chi connectivity index (χ1v) is 9.94. The first-order valence-electron chi connectivity index (χ1n) is 9.94. The molecule has 4 rings (SSSR count). The Morgan fingerprint density at radius 1 is 1.24 bits per heavy atom. The number of fused-ring (bicyclic) bond motifs is 5. The summed E-state index contributed by atoms with van der Waals surface area (Å²) in [5, 5.41) is 9.43. The number of allylic oxidation sites excluding steroid dienone is 1. The molecule has 0 aromatic carbocycles. The summed E-state index contributed by atoms with van der Waals surface area (Å²) < 4.78 is 0. The Morgan fingerprint density at radius 2 is 2.00 bits per heavy atom. The van der Waals surface area contributed by atoms with Crippen molar-refractivity contribution in [3.63, 3.8) is 0 Å². The van der Waals surface area contributed by atoms with E-state index in [9.17, 15) is 14.7 Å². The molecule has 3 N–H and O–H groups in total. The Bertz CT molecular complexity index is 641. The number of aliphatic hydroxyl groups is 1. The summed E-state index contributed by atoms with van der Waals surface area (Å²) in [6.07, 6.45) is 8.76. The molecule has 0 amide bonds. The van der Waals surface area contributed by atoms with Gasteiger partial charge in [-0.2, -0.15) is 0 Å². The van der Waals surface area contributed by atoms with Crippen molar-refractivity contribution in [1.82, 2.24) is 0 Å². The van der Waals surface area contributed by atoms with Gasteiger partial charge >= 0.3 is 0 Å². The molecule has 0 unspecified atom stereocenters. The van der Waals surface area contributed by atoms with Gasteiger partial charge in [-0.15, -0.1) is 0 Å². The van der Waals surface area contributed by atoms with Crippen LogP contribution in [0.4, 0.5) is 0 Å². The molecule has 3 saturated carbocycles. The molecule has 3 fully saturated rings. The predicted octanol–water partition coefficient (Wildman–Crippen LogP) is 2.63. The van der Waals surface area contributed by atoms with Crippen LogP contribution in [0, 0.1) is 34.5 Å². The monoisotopic (exact) mass is 345 g/mol. The van der Waals surface area contributed by atoms with Crippen molar-refractivity contribution < 1.29 is 14.7 Å². The van der Waals surface area contributed by atoms with E-state index in [1.165, 1.54) is 5.57 Å². The lowest BCUT2D eigenvalue weighted by molar-refractivity contribution is -0.133. The van der Waals surface area contributed by atoms with E-state index < -0.39 is 0 Å². The van der Waals surface area contributed by atoms with Crippen molar-refractivity contribution in [2.45, 2.75) is 64.8 Å². The number of nitrogens with two attached hydrogens (primary N) is 1. The minimum atomic E-state index is -0.387. The Hall–Kier alpha value is -1.00. The first kappa shape index (κ1) is 17.4. The minimum Gasteiger partial charge on any atom is -0.389 e. The summed E-state index contributed by atoms with van der Waals surface area (Å²) in [5.74, 6) is 1.70. The van der Waals surface area contributed by atoms with E-state index >= 15 is 0 Å². The zero-order valence-electron chi connectivity index (χ0n) is 15.5. The second-order valence-electron chi connectivity index (χ2n) is 9.52. The molecule has 4 heteroatoms. The molecule has 0 saturated heterocycles. The molecule has 0 aromatic heterocycles. The molecule has 0 heterocycles. The van der Waals surface area contributed by atoms with Gasteiger partial charge in [-0.3, -0.25) is 9.59 Å². The highest BCUT2D eigenvalue weighted by molar-refractivity contribution is 5.91. The number of hydrogen-bond acceptors (Lipinski definition) is 4. The average molecular weight is 345 g/mol. The maximum absolute atomic E-state index is 12.4. The highest BCUT2D eigenvalue weighted by atomic mass is 16.3. The smallest absolute Gasteiger partial charge is 0.163 e. The maximum Gasteiger partial charge on any atom is 0.163 e. The quantitative estimate of drug-likeness (QED) is 0.806. The number of carbonyl (C=O) groups is 2. The van der Waals surface area contributed by atoms with Crippen molar-refractivity contribution in [2.75, 3.05) is 6.61 Å². The van der Waals surface area contributed by atoms with Crippen LogP contribution in [0.25, 0.3) is 0 Å². The Morgan fingerprint density at radius 3 is 2.72 bits per heavy atom. The number of aliphatic hydroxyl groups excluding tert-OH is 1. The lowest BCUT2D eigenvalue weighted by Gasteiger charge is -2.58. The first-order chi connectivity index (χ1) is 11.8. The van der Waals surface area contributed by atoms with E-state index in [0.29, 0.717) is 30.0 Å². The highest BCUT2D eigenvalue weighted by Crippen LogP contribution is 2.66. The van der Waals surface area contributed by atoms with Crippen molar-refractivity contribution in [3.8, 4) is 0 Å². The molecule has 25 heavy (non-hydrogen) atoms. The van der Waals surface area contributed by atoms with Crippen LogP contribution >= 0.6 is 0 Å². The molecule has 4 aliphatic rings. The average Bonchev–Trinajstić information content (AvgIpc) is 2.85. The summed E-state index contributed by atoms with van der Waals surface area (Å²) in [5.41, 5.74) is 7.88. The van der Waals surface area contributed by atoms with E-state index in [1.807, 2.05) is 6.08 Å². The number of hydrogen-bond donors (Lipinski definition) is 2. The van der Waals surface area contributed by atoms with Crippen LogP contribution < -0.4 is 5.73 Å². The van der Waals surface area contributed by atoms with E-state index in [2.05, 4.69) is 13.8 Å². The fourth-order valence-electron chi connectivity index (χ4n) is 7.36. The van der Waals surface area contributed by atoms with Crippen molar-refractivity contribution >= 4 is 11.6 Å². The van der Waals surface area contributed by atoms with Crippen LogP contribution in [-0.4, -0.2) is 29.3 Å². The van der Waals surface area contributed by atoms with Gasteiger partial charge in [0.05, 0.1) is 0 Å². The normalized spacial score (nSPS) is 49.0. The number of ketones is 2. The SMILES string of the molecule is C[C@]12CC[C@H]3[C@@H](CCC4=CC(=O)CC[C@@]43C)[C@@H]1C[C@@H](N)[C@@H]2C(=O)CO. The van der Waals surface area contributed by atoms with Gasteiger partial charge < -0.3 is 10.8 Å². The zero-order chi connectivity index (χ0) is 18.0. The molecule has 0 aliphatic heterocycles. The van der Waals surface area contributed by atoms with Crippen molar-refractivity contribution in [3.05, 3.63) is 11.6 Å². The number of carbonyl (C=O) groups excluding carboxylic acids is 2. The lowest BCUT2D eigenvalue weighted by Crippen LogP contribution is -2.51. The third-order valence-electron chi connectivity index (χ3n) is 8.57. The molecule has 0 bridgehead atoms. The fraction of sp³-hybridized carbons (Fsp3) is 0.810. The summed E-state index contributed by atoms with van der Waals surface area (Å²) in [6, 6.07) is -0.119. The van der Waals surface area contributed by atoms with Crippen LogP contribution in [-0.2, 0) is 9.59 Å². The van der Waals surface area contributed by atoms with Gasteiger partial charge in [-0.25, -0.2) is 0 Å². The molecule has 0 spiro atoms. The third-order valence-corrected chi connectivity index (χ3v) is 8.57. The largest absolute Gasteiger partial charge is 0.389 e. The Balaban J connectivity index is 1.67. The van der Waals surface area contributed by atoms with Gasteiger partial charge in [0.2, 0.25) is 0 Å². The topological polar surface area (TPSA) is 80.4 Å². The zero-order valence-corrected chi connectivity index (χ0v) is 15.5. The standard InChI is InChI=1S/C21H31NO3/c1-20-7-5-13(24)9-12(20)3-4-14-15(20)6-8-21(2)16(14)10-17(22)19(21)18(25)11-23/h9,14-17,19,23H,3-8,10-11,22H2,1-2H3/t14-,15+,16+,17-,19-,20+,21+/m1/s1. The van der Waals surface area contributed by atoms with Crippen LogP contribution in [0.15, 0.2) is 11.6 Å². The van der Waals surface area contributed by atoms with Gasteiger partial charge in [0, 0.05) is 18.4 Å². The number of rotatable bonds is 2. The summed E-state index contributed by atoms with van der Waals surface area (Å²) in [7, 11) is 0. The fourth-order valence-corrected chi connectivity index (χ4v) is 7.36. The van der Waals surface area contributed by atoms with Gasteiger partial charge in [0.1, 0.15) is 6.61 Å². The molecule has 4 nitrogen and oxygen atoms in total. The summed E-state index contributed by atoms with van der Waals surface area (Å²) in [4.78, 5) is 24.3. The maximum atomic E-state index is 12.4. The van der Waals surface area contributed by atoms with E-state index in [-0.39, 0.29) is 35.2 Å². The molecule has 138 valence electrons. The van der Waals surface area contributed by atoms with E-state index in [1.54, 1.807) is 0 Å². The second-order valence-corrected chi connectivity index (χ2v) is 9.52. The number of Topliss-reactive ketones (excluding diaryl/α,β-unsaturated/α-hetero) is 1. The molecule has 0 aromatic rings. The van der Waals surface area contributed by atoms with Gasteiger partial charge in [0.15, 0.2) is 11.6 Å². The van der Waals surface area contributed by atoms with Crippen molar-refractivity contribution in [2.24, 2.45) is 40.2 Å². The summed E-state index contributed by atoms with van der Waals surface area (Å²) in [6.45, 7) is 4.23. The predicted molar refractivity (Wildman–Crippen MR) is 95.7 cm³/mol. The van der Waals surface area contributed by atoms with Crippen LogP contribution in [0.1, 0.15) is 58.8 Å². The van der Waals surface area contributed by atoms with Crippen LogP contribution in [0.3, 0.4) is 0 Å². The lowest BCUT2D eigenvalue weighted by atomic mass is 9.46. The highest BCUT2D eigenvalue weighted by Gasteiger charge is 2.62. The Labute approximate surface area is 150 Å². The molecular weight excluding hydrogens is 314 g/mol. The van der Waals surface area contributed by atoms with E-state index in [0.717, 1.165) is 38.5 Å². The minimum absolute atomic E-state index is 0.0670. The van der Waals surface area contributed by atoms with Crippen LogP contribution in [0.2, 0.25) is 0 Å². The van der Waals surface area contributed by atoms with E-state index in [4.69, 9.17) is 5.73 Å². The molecule has 0 radical (unpaired) electrons. The van der Waals surface area contributed by atoms with Gasteiger partial charge in [-0.05, 0) is 73.2 Å². The van der Waals surface area contributed by atoms with Gasteiger partial charge in [0.25, 0.3) is 0 Å². The molecular formula is C21H31NO3. The molecule has 4 aliphatic carbocycles. The third kappa shape index (κ3) is 2.33. The molecule has 7 atom stereocenters. The van der Waals surface area contributed by atoms with Crippen molar-refractivity contribution in [1.29, 1.82) is 0 Å². The van der Waals surface area contributed by atoms with Gasteiger partial charge in [-0.1, -0.05) is 19.4 Å². The Kier molecular flexibility index (Phi) is 4.01. The second kappa shape index (κ2) is 5.75.